The number of pyridine rings is 1. The van der Waals surface area contributed by atoms with Gasteiger partial charge in [-0.2, -0.15) is 0 Å². The van der Waals surface area contributed by atoms with Crippen LogP contribution in [0.1, 0.15) is 35.8 Å². The summed E-state index contributed by atoms with van der Waals surface area (Å²) in [5, 5.41) is 10.0. The summed E-state index contributed by atoms with van der Waals surface area (Å²) in [7, 11) is 0. The number of likely N-dealkylation sites (tertiary alicyclic amines) is 1. The Labute approximate surface area is 101 Å². The van der Waals surface area contributed by atoms with E-state index in [4.69, 9.17) is 0 Å². The third-order valence-electron chi connectivity index (χ3n) is 3.13. The molecule has 4 heteroatoms. The summed E-state index contributed by atoms with van der Waals surface area (Å²) in [6, 6.07) is 3.60. The Morgan fingerprint density at radius 3 is 2.76 bits per heavy atom. The Kier molecular flexibility index (Phi) is 3.15. The summed E-state index contributed by atoms with van der Waals surface area (Å²) in [6.07, 6.45) is 3.28. The van der Waals surface area contributed by atoms with Gasteiger partial charge in [-0.05, 0) is 25.5 Å². The fourth-order valence-corrected chi connectivity index (χ4v) is 2.21. The van der Waals surface area contributed by atoms with Crippen LogP contribution >= 0.6 is 0 Å². The highest BCUT2D eigenvalue weighted by atomic mass is 16.3. The minimum Gasteiger partial charge on any atom is -0.386 e. The van der Waals surface area contributed by atoms with Gasteiger partial charge >= 0.3 is 0 Å². The van der Waals surface area contributed by atoms with Crippen LogP contribution < -0.4 is 0 Å². The molecule has 1 aromatic heterocycles. The van der Waals surface area contributed by atoms with Crippen molar-refractivity contribution in [2.75, 3.05) is 13.1 Å². The van der Waals surface area contributed by atoms with Crippen LogP contribution in [0, 0.1) is 6.92 Å². The van der Waals surface area contributed by atoms with E-state index in [1.54, 1.807) is 17.2 Å². The highest BCUT2D eigenvalue weighted by Gasteiger charge is 2.42. The number of amides is 1. The van der Waals surface area contributed by atoms with E-state index >= 15 is 0 Å². The van der Waals surface area contributed by atoms with E-state index in [0.717, 1.165) is 18.5 Å². The number of aliphatic hydroxyl groups is 1. The maximum atomic E-state index is 12.0. The molecule has 0 saturated carbocycles. The molecule has 1 aliphatic heterocycles. The van der Waals surface area contributed by atoms with Gasteiger partial charge in [0.05, 0.1) is 24.3 Å². The van der Waals surface area contributed by atoms with Crippen molar-refractivity contribution in [1.29, 1.82) is 0 Å². The molecule has 1 amide bonds. The molecule has 1 fully saturated rings. The van der Waals surface area contributed by atoms with E-state index in [0.29, 0.717) is 18.7 Å². The normalized spacial score (nSPS) is 17.7. The molecule has 4 nitrogen and oxygen atoms in total. The number of nitrogens with zero attached hydrogens (tertiary/aromatic N) is 2. The summed E-state index contributed by atoms with van der Waals surface area (Å²) in [4.78, 5) is 17.8. The summed E-state index contributed by atoms with van der Waals surface area (Å²) < 4.78 is 0. The van der Waals surface area contributed by atoms with E-state index in [1.807, 2.05) is 19.9 Å². The van der Waals surface area contributed by atoms with Gasteiger partial charge in [0.15, 0.2) is 0 Å². The van der Waals surface area contributed by atoms with Crippen molar-refractivity contribution in [2.24, 2.45) is 0 Å². The van der Waals surface area contributed by atoms with Crippen LogP contribution in [0.15, 0.2) is 18.3 Å². The zero-order valence-corrected chi connectivity index (χ0v) is 10.3. The van der Waals surface area contributed by atoms with Crippen molar-refractivity contribution >= 4 is 5.91 Å². The number of hydrogen-bond acceptors (Lipinski definition) is 3. The molecule has 1 saturated heterocycles. The quantitative estimate of drug-likeness (QED) is 0.859. The maximum Gasteiger partial charge on any atom is 0.255 e. The fraction of sp³-hybridized carbons (Fsp3) is 0.538. The van der Waals surface area contributed by atoms with Crippen molar-refractivity contribution in [3.8, 4) is 0 Å². The second kappa shape index (κ2) is 4.45. The second-order valence-electron chi connectivity index (χ2n) is 4.82. The third-order valence-corrected chi connectivity index (χ3v) is 3.13. The molecular formula is C13H18N2O2. The topological polar surface area (TPSA) is 53.4 Å². The SMILES string of the molecule is CCCC1(O)CN(C(=O)c2ccc(C)nc2)C1. The first kappa shape index (κ1) is 12.0. The summed E-state index contributed by atoms with van der Waals surface area (Å²) in [5.74, 6) is -0.0433. The Bertz CT molecular complexity index is 408. The van der Waals surface area contributed by atoms with E-state index in [2.05, 4.69) is 4.98 Å². The first-order valence-corrected chi connectivity index (χ1v) is 5.98. The first-order valence-electron chi connectivity index (χ1n) is 5.98. The van der Waals surface area contributed by atoms with E-state index in [-0.39, 0.29) is 5.91 Å². The van der Waals surface area contributed by atoms with E-state index < -0.39 is 5.60 Å². The predicted octanol–water partition coefficient (Wildman–Crippen LogP) is 1.38. The lowest BCUT2D eigenvalue weighted by atomic mass is 9.89. The molecule has 0 bridgehead atoms. The molecule has 0 radical (unpaired) electrons. The average molecular weight is 234 g/mol. The van der Waals surface area contributed by atoms with Crippen LogP contribution in [0.4, 0.5) is 0 Å². The predicted molar refractivity (Wildman–Crippen MR) is 64.7 cm³/mol. The fourth-order valence-electron chi connectivity index (χ4n) is 2.21. The van der Waals surface area contributed by atoms with Crippen LogP contribution in [0.5, 0.6) is 0 Å². The van der Waals surface area contributed by atoms with Crippen LogP contribution in [0.2, 0.25) is 0 Å². The van der Waals surface area contributed by atoms with Crippen molar-refractivity contribution in [3.63, 3.8) is 0 Å². The Hall–Kier alpha value is -1.42. The molecule has 2 rings (SSSR count). The van der Waals surface area contributed by atoms with E-state index in [9.17, 15) is 9.90 Å². The lowest BCUT2D eigenvalue weighted by molar-refractivity contribution is -0.0860. The van der Waals surface area contributed by atoms with Gasteiger partial charge in [-0.15, -0.1) is 0 Å². The number of hydrogen-bond donors (Lipinski definition) is 1. The molecule has 1 aliphatic rings. The van der Waals surface area contributed by atoms with Gasteiger partial charge in [-0.3, -0.25) is 9.78 Å². The number of rotatable bonds is 3. The number of β-amino-alcohol motifs (C(OH)–C–C–N with tert-alkyl or cyclic N) is 1. The Morgan fingerprint density at radius 2 is 2.24 bits per heavy atom. The minimum absolute atomic E-state index is 0.0433. The van der Waals surface area contributed by atoms with Gasteiger partial charge in [0, 0.05) is 11.9 Å². The molecular weight excluding hydrogens is 216 g/mol. The average Bonchev–Trinajstić information content (AvgIpc) is 2.26. The van der Waals surface area contributed by atoms with Crippen molar-refractivity contribution < 1.29 is 9.90 Å². The van der Waals surface area contributed by atoms with Gasteiger partial charge in [0.2, 0.25) is 0 Å². The molecule has 0 spiro atoms. The summed E-state index contributed by atoms with van der Waals surface area (Å²) >= 11 is 0. The van der Waals surface area contributed by atoms with Gasteiger partial charge in [0.25, 0.3) is 5.91 Å². The van der Waals surface area contributed by atoms with Crippen molar-refractivity contribution in [1.82, 2.24) is 9.88 Å². The number of aryl methyl sites for hydroxylation is 1. The second-order valence-corrected chi connectivity index (χ2v) is 4.82. The largest absolute Gasteiger partial charge is 0.386 e. The molecule has 2 heterocycles. The lowest BCUT2D eigenvalue weighted by Crippen LogP contribution is -2.63. The van der Waals surface area contributed by atoms with Crippen molar-refractivity contribution in [3.05, 3.63) is 29.6 Å². The van der Waals surface area contributed by atoms with Crippen LogP contribution in [0.3, 0.4) is 0 Å². The molecule has 1 aromatic rings. The number of aromatic nitrogens is 1. The van der Waals surface area contributed by atoms with E-state index in [1.165, 1.54) is 0 Å². The molecule has 17 heavy (non-hydrogen) atoms. The van der Waals surface area contributed by atoms with Crippen molar-refractivity contribution in [2.45, 2.75) is 32.3 Å². The Balaban J connectivity index is 1.97. The minimum atomic E-state index is -0.664. The number of carbonyl (C=O) groups excluding carboxylic acids is 1. The highest BCUT2D eigenvalue weighted by molar-refractivity contribution is 5.94. The molecule has 0 aliphatic carbocycles. The number of carbonyl (C=O) groups is 1. The lowest BCUT2D eigenvalue weighted by Gasteiger charge is -2.46. The van der Waals surface area contributed by atoms with Gasteiger partial charge in [-0.25, -0.2) is 0 Å². The zero-order chi connectivity index (χ0) is 12.5. The monoisotopic (exact) mass is 234 g/mol. The highest BCUT2D eigenvalue weighted by Crippen LogP contribution is 2.27. The Morgan fingerprint density at radius 1 is 1.53 bits per heavy atom. The van der Waals surface area contributed by atoms with Crippen LogP contribution in [0.25, 0.3) is 0 Å². The molecule has 1 N–H and O–H groups in total. The maximum absolute atomic E-state index is 12.0. The standard InChI is InChI=1S/C13H18N2O2/c1-3-6-13(17)8-15(9-13)12(16)11-5-4-10(2)14-7-11/h4-5,7,17H,3,6,8-9H2,1-2H3. The summed E-state index contributed by atoms with van der Waals surface area (Å²) in [6.45, 7) is 4.80. The van der Waals surface area contributed by atoms with Crippen LogP contribution in [-0.2, 0) is 0 Å². The first-order chi connectivity index (χ1) is 8.04. The molecule has 92 valence electrons. The smallest absolute Gasteiger partial charge is 0.255 e. The van der Waals surface area contributed by atoms with Gasteiger partial charge in [-0.1, -0.05) is 13.3 Å². The van der Waals surface area contributed by atoms with Crippen LogP contribution in [-0.4, -0.2) is 39.6 Å². The zero-order valence-electron chi connectivity index (χ0n) is 10.3. The third kappa shape index (κ3) is 2.47. The van der Waals surface area contributed by atoms with Gasteiger partial charge in [0.1, 0.15) is 0 Å². The molecule has 0 aromatic carbocycles. The summed E-state index contributed by atoms with van der Waals surface area (Å²) in [5.41, 5.74) is 0.824. The molecule has 0 unspecified atom stereocenters. The van der Waals surface area contributed by atoms with Gasteiger partial charge < -0.3 is 10.0 Å². The molecule has 0 atom stereocenters.